The van der Waals surface area contributed by atoms with Crippen molar-refractivity contribution < 1.29 is 0 Å². The second-order valence-electron chi connectivity index (χ2n) is 4.93. The van der Waals surface area contributed by atoms with Gasteiger partial charge in [0.1, 0.15) is 0 Å². The Kier molecular flexibility index (Phi) is 3.82. The van der Waals surface area contributed by atoms with Gasteiger partial charge >= 0.3 is 0 Å². The van der Waals surface area contributed by atoms with Crippen LogP contribution in [0.25, 0.3) is 0 Å². The summed E-state index contributed by atoms with van der Waals surface area (Å²) in [6.45, 7) is 6.25. The highest BCUT2D eigenvalue weighted by molar-refractivity contribution is 7.13. The number of hydrogen-bond donors (Lipinski definition) is 1. The number of thiazole rings is 1. The largest absolute Gasteiger partial charge is 0.345 e. The van der Waals surface area contributed by atoms with E-state index >= 15 is 0 Å². The second kappa shape index (κ2) is 5.15. The molecule has 1 aromatic heterocycles. The van der Waals surface area contributed by atoms with Gasteiger partial charge in [0.25, 0.3) is 0 Å². The molecule has 0 saturated heterocycles. The zero-order valence-electron chi connectivity index (χ0n) is 10.1. The molecule has 1 aromatic rings. The van der Waals surface area contributed by atoms with E-state index in [9.17, 15) is 0 Å². The first-order valence-electron chi connectivity index (χ1n) is 6.11. The van der Waals surface area contributed by atoms with Crippen LogP contribution in [-0.4, -0.2) is 17.6 Å². The van der Waals surface area contributed by atoms with E-state index in [2.05, 4.69) is 29.1 Å². The molecule has 0 spiro atoms. The molecule has 2 N–H and O–H groups in total. The maximum absolute atomic E-state index is 5.60. The lowest BCUT2D eigenvalue weighted by Gasteiger charge is -2.22. The molecule has 1 aliphatic carbocycles. The third kappa shape index (κ3) is 2.95. The van der Waals surface area contributed by atoms with Gasteiger partial charge in [0.2, 0.25) is 0 Å². The number of rotatable bonds is 6. The highest BCUT2D eigenvalue weighted by Crippen LogP contribution is 2.33. The van der Waals surface area contributed by atoms with Gasteiger partial charge in [-0.1, -0.05) is 13.8 Å². The lowest BCUT2D eigenvalue weighted by molar-refractivity contribution is 0.570. The Bertz CT molecular complexity index is 331. The van der Waals surface area contributed by atoms with E-state index in [-0.39, 0.29) is 0 Å². The van der Waals surface area contributed by atoms with Gasteiger partial charge in [-0.2, -0.15) is 0 Å². The topological polar surface area (TPSA) is 42.2 Å². The van der Waals surface area contributed by atoms with E-state index < -0.39 is 0 Å². The van der Waals surface area contributed by atoms with Crippen molar-refractivity contribution in [2.75, 3.05) is 11.4 Å². The molecule has 0 unspecified atom stereocenters. The highest BCUT2D eigenvalue weighted by atomic mass is 32.1. The summed E-state index contributed by atoms with van der Waals surface area (Å²) >= 11 is 1.74. The smallest absolute Gasteiger partial charge is 0.185 e. The fourth-order valence-corrected chi connectivity index (χ4v) is 2.68. The number of hydrogen-bond acceptors (Lipinski definition) is 4. The molecule has 1 fully saturated rings. The zero-order chi connectivity index (χ0) is 11.5. The third-order valence-corrected chi connectivity index (χ3v) is 3.86. The van der Waals surface area contributed by atoms with E-state index in [4.69, 9.17) is 5.73 Å². The van der Waals surface area contributed by atoms with Crippen LogP contribution in [0.1, 0.15) is 38.8 Å². The molecule has 0 bridgehead atoms. The van der Waals surface area contributed by atoms with Gasteiger partial charge in [-0.15, -0.1) is 11.3 Å². The molecule has 1 heterocycles. The van der Waals surface area contributed by atoms with Crippen molar-refractivity contribution >= 4 is 16.5 Å². The van der Waals surface area contributed by atoms with Crippen molar-refractivity contribution in [1.29, 1.82) is 0 Å². The maximum Gasteiger partial charge on any atom is 0.185 e. The van der Waals surface area contributed by atoms with Crippen molar-refractivity contribution in [3.63, 3.8) is 0 Å². The Morgan fingerprint density at radius 2 is 2.31 bits per heavy atom. The van der Waals surface area contributed by atoms with Crippen LogP contribution >= 0.6 is 11.3 Å². The van der Waals surface area contributed by atoms with Crippen molar-refractivity contribution in [2.24, 2.45) is 11.7 Å². The Balaban J connectivity index is 2.00. The number of aromatic nitrogens is 1. The standard InChI is InChI=1S/C12H21N3S/c1-9(2)5-6-15(11-3-4-11)12-14-10(7-13)8-16-12/h8-9,11H,3-7,13H2,1-2H3. The second-order valence-corrected chi connectivity index (χ2v) is 5.77. The molecule has 3 nitrogen and oxygen atoms in total. The van der Waals surface area contributed by atoms with Gasteiger partial charge in [0, 0.05) is 24.5 Å². The van der Waals surface area contributed by atoms with E-state index in [1.807, 2.05) is 0 Å². The lowest BCUT2D eigenvalue weighted by atomic mass is 10.1. The quantitative estimate of drug-likeness (QED) is 0.829. The first-order chi connectivity index (χ1) is 7.70. The molecule has 16 heavy (non-hydrogen) atoms. The predicted octanol–water partition coefficient (Wildman–Crippen LogP) is 2.62. The SMILES string of the molecule is CC(C)CCN(c1nc(CN)cs1)C1CC1. The average Bonchev–Trinajstić information content (AvgIpc) is 2.96. The number of nitrogens with two attached hydrogens (primary N) is 1. The van der Waals surface area contributed by atoms with Gasteiger partial charge in [-0.05, 0) is 25.2 Å². The minimum atomic E-state index is 0.555. The molecule has 0 radical (unpaired) electrons. The van der Waals surface area contributed by atoms with Crippen molar-refractivity contribution in [2.45, 2.75) is 45.7 Å². The normalized spacial score (nSPS) is 15.8. The molecule has 1 aliphatic rings. The summed E-state index contributed by atoms with van der Waals surface area (Å²) in [5.41, 5.74) is 6.63. The molecular weight excluding hydrogens is 218 g/mol. The van der Waals surface area contributed by atoms with Crippen molar-refractivity contribution in [1.82, 2.24) is 4.98 Å². The van der Waals surface area contributed by atoms with Crippen LogP contribution in [0.5, 0.6) is 0 Å². The Morgan fingerprint density at radius 3 is 2.81 bits per heavy atom. The van der Waals surface area contributed by atoms with Crippen molar-refractivity contribution in [3.8, 4) is 0 Å². The van der Waals surface area contributed by atoms with Gasteiger partial charge in [0.15, 0.2) is 5.13 Å². The molecule has 2 rings (SSSR count). The van der Waals surface area contributed by atoms with Crippen LogP contribution in [0, 0.1) is 5.92 Å². The van der Waals surface area contributed by atoms with E-state index in [1.54, 1.807) is 11.3 Å². The Hall–Kier alpha value is -0.610. The summed E-state index contributed by atoms with van der Waals surface area (Å²) in [5.74, 6) is 0.759. The van der Waals surface area contributed by atoms with Crippen LogP contribution in [0.2, 0.25) is 0 Å². The fraction of sp³-hybridized carbons (Fsp3) is 0.750. The van der Waals surface area contributed by atoms with Crippen LogP contribution in [0.15, 0.2) is 5.38 Å². The molecule has 0 aromatic carbocycles. The zero-order valence-corrected chi connectivity index (χ0v) is 11.0. The molecule has 1 saturated carbocycles. The van der Waals surface area contributed by atoms with Crippen LogP contribution in [-0.2, 0) is 6.54 Å². The summed E-state index contributed by atoms with van der Waals surface area (Å²) in [6, 6.07) is 0.746. The van der Waals surface area contributed by atoms with Gasteiger partial charge < -0.3 is 10.6 Å². The van der Waals surface area contributed by atoms with Gasteiger partial charge in [-0.25, -0.2) is 4.98 Å². The van der Waals surface area contributed by atoms with Crippen LogP contribution in [0.3, 0.4) is 0 Å². The summed E-state index contributed by atoms with van der Waals surface area (Å²) in [4.78, 5) is 7.06. The van der Waals surface area contributed by atoms with Crippen LogP contribution < -0.4 is 10.6 Å². The summed E-state index contributed by atoms with van der Waals surface area (Å²) in [5, 5.41) is 3.25. The lowest BCUT2D eigenvalue weighted by Crippen LogP contribution is -2.27. The van der Waals surface area contributed by atoms with Crippen LogP contribution in [0.4, 0.5) is 5.13 Å². The molecule has 0 amide bonds. The molecule has 0 atom stereocenters. The Morgan fingerprint density at radius 1 is 1.56 bits per heavy atom. The fourth-order valence-electron chi connectivity index (χ4n) is 1.74. The predicted molar refractivity (Wildman–Crippen MR) is 69.8 cm³/mol. The number of anilines is 1. The van der Waals surface area contributed by atoms with E-state index in [0.717, 1.165) is 24.2 Å². The van der Waals surface area contributed by atoms with E-state index in [0.29, 0.717) is 6.54 Å². The summed E-state index contributed by atoms with van der Waals surface area (Å²) < 4.78 is 0. The minimum absolute atomic E-state index is 0.555. The molecule has 90 valence electrons. The van der Waals surface area contributed by atoms with Gasteiger partial charge in [0.05, 0.1) is 5.69 Å². The minimum Gasteiger partial charge on any atom is -0.345 e. The molecule has 0 aliphatic heterocycles. The first kappa shape index (κ1) is 11.9. The maximum atomic E-state index is 5.60. The third-order valence-electron chi connectivity index (χ3n) is 2.93. The highest BCUT2D eigenvalue weighted by Gasteiger charge is 2.30. The number of nitrogens with zero attached hydrogens (tertiary/aromatic N) is 2. The summed E-state index contributed by atoms with van der Waals surface area (Å²) in [6.07, 6.45) is 3.90. The van der Waals surface area contributed by atoms with Gasteiger partial charge in [-0.3, -0.25) is 0 Å². The summed E-state index contributed by atoms with van der Waals surface area (Å²) in [7, 11) is 0. The monoisotopic (exact) mass is 239 g/mol. The van der Waals surface area contributed by atoms with E-state index in [1.165, 1.54) is 24.4 Å². The Labute approximate surface area is 102 Å². The molecular formula is C12H21N3S. The average molecular weight is 239 g/mol. The first-order valence-corrected chi connectivity index (χ1v) is 6.99. The molecule has 4 heteroatoms. The van der Waals surface area contributed by atoms with Crippen molar-refractivity contribution in [3.05, 3.63) is 11.1 Å².